The van der Waals surface area contributed by atoms with Crippen LogP contribution in [0.15, 0.2) is 18.2 Å². The molecule has 0 radical (unpaired) electrons. The highest BCUT2D eigenvalue weighted by Crippen LogP contribution is 2.23. The first kappa shape index (κ1) is 12.9. The fraction of sp³-hybridized carbons (Fsp3) is 0.417. The second-order valence-corrected chi connectivity index (χ2v) is 4.70. The highest BCUT2D eigenvalue weighted by atomic mass is 32.2. The molecule has 0 bridgehead atoms. The number of carbonyl (C=O) groups is 1. The normalized spacial score (nSPS) is 10.1. The van der Waals surface area contributed by atoms with Gasteiger partial charge in [0.25, 0.3) is 0 Å². The van der Waals surface area contributed by atoms with E-state index in [1.807, 2.05) is 13.0 Å². The van der Waals surface area contributed by atoms with Crippen LogP contribution in [0.3, 0.4) is 0 Å². The average molecular weight is 240 g/mol. The standard InChI is InChI=1S/C12H16O3S/c1-3-16-8-7-15-11-9(2)5-4-6-10(11)12(13)14/h4-6H,3,7-8H2,1-2H3,(H,13,14). The largest absolute Gasteiger partial charge is 0.492 e. The van der Waals surface area contributed by atoms with E-state index in [0.717, 1.165) is 17.1 Å². The fourth-order valence-corrected chi connectivity index (χ4v) is 1.85. The Morgan fingerprint density at radius 3 is 2.88 bits per heavy atom. The molecule has 0 aromatic heterocycles. The van der Waals surface area contributed by atoms with Crippen LogP contribution in [0.4, 0.5) is 0 Å². The molecule has 0 unspecified atom stereocenters. The highest BCUT2D eigenvalue weighted by molar-refractivity contribution is 7.99. The smallest absolute Gasteiger partial charge is 0.339 e. The number of hydrogen-bond donors (Lipinski definition) is 1. The molecule has 0 saturated carbocycles. The van der Waals surface area contributed by atoms with Gasteiger partial charge in [0.15, 0.2) is 0 Å². The fourth-order valence-electron chi connectivity index (χ4n) is 1.36. The molecule has 1 N–H and O–H groups in total. The maximum atomic E-state index is 11.0. The number of carboxylic acids is 1. The van der Waals surface area contributed by atoms with Gasteiger partial charge in [0, 0.05) is 5.75 Å². The molecule has 1 aromatic carbocycles. The summed E-state index contributed by atoms with van der Waals surface area (Å²) in [7, 11) is 0. The molecule has 3 nitrogen and oxygen atoms in total. The van der Waals surface area contributed by atoms with Crippen molar-refractivity contribution in [2.75, 3.05) is 18.1 Å². The van der Waals surface area contributed by atoms with Gasteiger partial charge in [0.05, 0.1) is 6.61 Å². The maximum absolute atomic E-state index is 11.0. The van der Waals surface area contributed by atoms with Crippen LogP contribution in [0.5, 0.6) is 5.75 Å². The van der Waals surface area contributed by atoms with Gasteiger partial charge in [-0.1, -0.05) is 19.1 Å². The van der Waals surface area contributed by atoms with Crippen LogP contribution >= 0.6 is 11.8 Å². The van der Waals surface area contributed by atoms with Crippen molar-refractivity contribution in [2.24, 2.45) is 0 Å². The van der Waals surface area contributed by atoms with Gasteiger partial charge < -0.3 is 9.84 Å². The predicted molar refractivity (Wildman–Crippen MR) is 66.6 cm³/mol. The summed E-state index contributed by atoms with van der Waals surface area (Å²) in [4.78, 5) is 11.0. The summed E-state index contributed by atoms with van der Waals surface area (Å²) in [5.41, 5.74) is 1.10. The van der Waals surface area contributed by atoms with Gasteiger partial charge in [-0.3, -0.25) is 0 Å². The average Bonchev–Trinajstić information content (AvgIpc) is 2.25. The Kier molecular flexibility index (Phi) is 5.19. The van der Waals surface area contributed by atoms with Gasteiger partial charge in [-0.15, -0.1) is 0 Å². The molecule has 0 aliphatic rings. The van der Waals surface area contributed by atoms with Crippen LogP contribution < -0.4 is 4.74 Å². The predicted octanol–water partition coefficient (Wildman–Crippen LogP) is 2.83. The Morgan fingerprint density at radius 2 is 2.25 bits per heavy atom. The van der Waals surface area contributed by atoms with Gasteiger partial charge in [0.1, 0.15) is 11.3 Å². The first-order valence-corrected chi connectivity index (χ1v) is 6.35. The number of para-hydroxylation sites is 1. The van der Waals surface area contributed by atoms with Crippen LogP contribution in [-0.2, 0) is 0 Å². The molecule has 0 fully saturated rings. The summed E-state index contributed by atoms with van der Waals surface area (Å²) < 4.78 is 5.53. The zero-order valence-corrected chi connectivity index (χ0v) is 10.3. The van der Waals surface area contributed by atoms with E-state index < -0.39 is 5.97 Å². The van der Waals surface area contributed by atoms with Crippen LogP contribution in [0.1, 0.15) is 22.8 Å². The maximum Gasteiger partial charge on any atom is 0.339 e. The molecule has 0 saturated heterocycles. The first-order chi connectivity index (χ1) is 7.66. The number of thioether (sulfide) groups is 1. The lowest BCUT2D eigenvalue weighted by molar-refractivity contribution is 0.0692. The van der Waals surface area contributed by atoms with E-state index in [2.05, 4.69) is 6.92 Å². The zero-order chi connectivity index (χ0) is 12.0. The lowest BCUT2D eigenvalue weighted by Gasteiger charge is -2.11. The molecule has 88 valence electrons. The molecule has 1 rings (SSSR count). The molecule has 0 aliphatic carbocycles. The van der Waals surface area contributed by atoms with E-state index in [-0.39, 0.29) is 5.56 Å². The Balaban J connectivity index is 2.73. The Labute approximate surface area is 99.8 Å². The minimum absolute atomic E-state index is 0.237. The molecular weight excluding hydrogens is 224 g/mol. The SMILES string of the molecule is CCSCCOc1c(C)cccc1C(=O)O. The van der Waals surface area contributed by atoms with Gasteiger partial charge in [0.2, 0.25) is 0 Å². The van der Waals surface area contributed by atoms with Crippen LogP contribution in [0.25, 0.3) is 0 Å². The third kappa shape index (κ3) is 3.45. The lowest BCUT2D eigenvalue weighted by atomic mass is 10.1. The van der Waals surface area contributed by atoms with Crippen molar-refractivity contribution in [3.05, 3.63) is 29.3 Å². The molecule has 0 aliphatic heterocycles. The number of hydrogen-bond acceptors (Lipinski definition) is 3. The summed E-state index contributed by atoms with van der Waals surface area (Å²) in [6, 6.07) is 5.15. The first-order valence-electron chi connectivity index (χ1n) is 5.20. The second-order valence-electron chi connectivity index (χ2n) is 3.30. The Bertz CT molecular complexity index is 363. The highest BCUT2D eigenvalue weighted by Gasteiger charge is 2.12. The third-order valence-electron chi connectivity index (χ3n) is 2.12. The Morgan fingerprint density at radius 1 is 1.50 bits per heavy atom. The number of ether oxygens (including phenoxy) is 1. The van der Waals surface area contributed by atoms with Crippen molar-refractivity contribution in [1.29, 1.82) is 0 Å². The van der Waals surface area contributed by atoms with Gasteiger partial charge in [-0.05, 0) is 24.3 Å². The van der Waals surface area contributed by atoms with Crippen molar-refractivity contribution in [1.82, 2.24) is 0 Å². The number of aryl methyl sites for hydroxylation is 1. The number of carboxylic acid groups (broad SMARTS) is 1. The monoisotopic (exact) mass is 240 g/mol. The number of benzene rings is 1. The summed E-state index contributed by atoms with van der Waals surface area (Å²) in [6.07, 6.45) is 0. The topological polar surface area (TPSA) is 46.5 Å². The van der Waals surface area contributed by atoms with Gasteiger partial charge >= 0.3 is 5.97 Å². The second kappa shape index (κ2) is 6.43. The van der Waals surface area contributed by atoms with Crippen molar-refractivity contribution in [2.45, 2.75) is 13.8 Å². The van der Waals surface area contributed by atoms with Crippen molar-refractivity contribution < 1.29 is 14.6 Å². The van der Waals surface area contributed by atoms with Crippen LogP contribution in [0.2, 0.25) is 0 Å². The van der Waals surface area contributed by atoms with Crippen molar-refractivity contribution in [3.63, 3.8) is 0 Å². The third-order valence-corrected chi connectivity index (χ3v) is 2.98. The summed E-state index contributed by atoms with van der Waals surface area (Å²) >= 11 is 1.78. The van der Waals surface area contributed by atoms with Crippen LogP contribution in [0, 0.1) is 6.92 Å². The molecule has 16 heavy (non-hydrogen) atoms. The lowest BCUT2D eigenvalue weighted by Crippen LogP contribution is -2.07. The molecular formula is C12H16O3S. The van der Waals surface area contributed by atoms with Crippen molar-refractivity contribution in [3.8, 4) is 5.75 Å². The zero-order valence-electron chi connectivity index (χ0n) is 9.53. The number of aromatic carboxylic acids is 1. The number of rotatable bonds is 6. The van der Waals surface area contributed by atoms with E-state index in [4.69, 9.17) is 9.84 Å². The van der Waals surface area contributed by atoms with E-state index >= 15 is 0 Å². The molecule has 0 amide bonds. The molecule has 0 atom stereocenters. The molecule has 0 heterocycles. The molecule has 0 spiro atoms. The van der Waals surface area contributed by atoms with Gasteiger partial charge in [-0.25, -0.2) is 4.79 Å². The minimum atomic E-state index is -0.943. The van der Waals surface area contributed by atoms with E-state index in [9.17, 15) is 4.79 Å². The summed E-state index contributed by atoms with van der Waals surface area (Å²) in [5, 5.41) is 9.01. The van der Waals surface area contributed by atoms with Crippen molar-refractivity contribution >= 4 is 17.7 Å². The molecule has 4 heteroatoms. The minimum Gasteiger partial charge on any atom is -0.492 e. The van der Waals surface area contributed by atoms with E-state index in [1.54, 1.807) is 23.9 Å². The summed E-state index contributed by atoms with van der Waals surface area (Å²) in [5.74, 6) is 1.47. The van der Waals surface area contributed by atoms with Gasteiger partial charge in [-0.2, -0.15) is 11.8 Å². The van der Waals surface area contributed by atoms with E-state index in [1.165, 1.54) is 0 Å². The summed E-state index contributed by atoms with van der Waals surface area (Å²) in [6.45, 7) is 4.49. The quantitative estimate of drug-likeness (QED) is 0.777. The Hall–Kier alpha value is -1.16. The van der Waals surface area contributed by atoms with E-state index in [0.29, 0.717) is 12.4 Å². The van der Waals surface area contributed by atoms with Crippen LogP contribution in [-0.4, -0.2) is 29.2 Å². The molecule has 1 aromatic rings.